The molecule has 0 aliphatic heterocycles. The Morgan fingerprint density at radius 3 is 2.79 bits per heavy atom. The first-order valence-corrected chi connectivity index (χ1v) is 4.79. The molecule has 0 amide bonds. The van der Waals surface area contributed by atoms with E-state index in [0.29, 0.717) is 0 Å². The van der Waals surface area contributed by atoms with Crippen molar-refractivity contribution >= 4 is 6.08 Å². The summed E-state index contributed by atoms with van der Waals surface area (Å²) in [7, 11) is 0. The van der Waals surface area contributed by atoms with Crippen LogP contribution in [-0.2, 0) is 0 Å². The van der Waals surface area contributed by atoms with E-state index in [1.165, 1.54) is 5.56 Å². The molecule has 1 aromatic carbocycles. The van der Waals surface area contributed by atoms with E-state index >= 15 is 0 Å². The Labute approximate surface area is 85.8 Å². The Morgan fingerprint density at radius 1 is 1.29 bits per heavy atom. The predicted octanol–water partition coefficient (Wildman–Crippen LogP) is 2.31. The lowest BCUT2D eigenvalue weighted by molar-refractivity contribution is 0.766. The number of benzene rings is 1. The quantitative estimate of drug-likeness (QED) is 0.548. The van der Waals surface area contributed by atoms with Crippen molar-refractivity contribution < 1.29 is 0 Å². The Balaban J connectivity index is 2.19. The van der Waals surface area contributed by atoms with Crippen molar-refractivity contribution in [3.8, 4) is 12.3 Å². The summed E-state index contributed by atoms with van der Waals surface area (Å²) in [5.41, 5.74) is 1.23. The van der Waals surface area contributed by atoms with Crippen molar-refractivity contribution in [1.29, 1.82) is 0 Å². The van der Waals surface area contributed by atoms with Crippen LogP contribution in [0.1, 0.15) is 12.0 Å². The Hall–Kier alpha value is -1.52. The molecule has 14 heavy (non-hydrogen) atoms. The fourth-order valence-corrected chi connectivity index (χ4v) is 1.11. The molecule has 0 atom stereocenters. The van der Waals surface area contributed by atoms with Crippen LogP contribution in [0.25, 0.3) is 6.08 Å². The average molecular weight is 185 g/mol. The van der Waals surface area contributed by atoms with Gasteiger partial charge in [0.1, 0.15) is 0 Å². The lowest BCUT2D eigenvalue weighted by Crippen LogP contribution is -2.14. The van der Waals surface area contributed by atoms with Gasteiger partial charge < -0.3 is 5.32 Å². The standard InChI is InChI=1S/C13H15N/c1-2-3-11-14-12-7-10-13-8-5-4-6-9-13/h1,4-10,14H,3,11-12H2. The zero-order valence-corrected chi connectivity index (χ0v) is 8.24. The highest BCUT2D eigenvalue weighted by molar-refractivity contribution is 5.48. The molecule has 1 N–H and O–H groups in total. The van der Waals surface area contributed by atoms with Crippen molar-refractivity contribution in [2.45, 2.75) is 6.42 Å². The minimum absolute atomic E-state index is 0.791. The van der Waals surface area contributed by atoms with E-state index in [0.717, 1.165) is 19.5 Å². The van der Waals surface area contributed by atoms with Crippen molar-refractivity contribution in [3.05, 3.63) is 42.0 Å². The summed E-state index contributed by atoms with van der Waals surface area (Å²) in [5, 5.41) is 3.23. The molecule has 1 nitrogen and oxygen atoms in total. The van der Waals surface area contributed by atoms with Crippen LogP contribution in [0.2, 0.25) is 0 Å². The molecule has 0 radical (unpaired) electrons. The normalized spacial score (nSPS) is 10.2. The number of hydrogen-bond acceptors (Lipinski definition) is 1. The summed E-state index contributed by atoms with van der Waals surface area (Å²) >= 11 is 0. The summed E-state index contributed by atoms with van der Waals surface area (Å²) in [4.78, 5) is 0. The molecule has 0 spiro atoms. The molecule has 72 valence electrons. The molecular weight excluding hydrogens is 170 g/mol. The molecular formula is C13H15N. The number of rotatable bonds is 5. The van der Waals surface area contributed by atoms with Crippen molar-refractivity contribution in [2.75, 3.05) is 13.1 Å². The van der Waals surface area contributed by atoms with Crippen LogP contribution >= 0.6 is 0 Å². The maximum absolute atomic E-state index is 5.13. The fraction of sp³-hybridized carbons (Fsp3) is 0.231. The summed E-state index contributed by atoms with van der Waals surface area (Å²) in [6, 6.07) is 10.2. The topological polar surface area (TPSA) is 12.0 Å². The highest BCUT2D eigenvalue weighted by atomic mass is 14.8. The lowest BCUT2D eigenvalue weighted by atomic mass is 10.2. The Bertz CT molecular complexity index is 306. The molecule has 0 unspecified atom stereocenters. The Morgan fingerprint density at radius 2 is 2.07 bits per heavy atom. The zero-order valence-electron chi connectivity index (χ0n) is 8.24. The molecule has 1 aromatic rings. The van der Waals surface area contributed by atoms with Crippen LogP contribution in [0.4, 0.5) is 0 Å². The van der Waals surface area contributed by atoms with Crippen LogP contribution in [0.5, 0.6) is 0 Å². The molecule has 1 rings (SSSR count). The van der Waals surface area contributed by atoms with E-state index in [4.69, 9.17) is 6.42 Å². The molecule has 0 saturated heterocycles. The zero-order chi connectivity index (χ0) is 10.1. The third kappa shape index (κ3) is 4.49. The second-order valence-corrected chi connectivity index (χ2v) is 2.97. The fourth-order valence-electron chi connectivity index (χ4n) is 1.11. The second-order valence-electron chi connectivity index (χ2n) is 2.97. The van der Waals surface area contributed by atoms with Crippen LogP contribution in [-0.4, -0.2) is 13.1 Å². The van der Waals surface area contributed by atoms with Crippen molar-refractivity contribution in [1.82, 2.24) is 5.32 Å². The third-order valence-corrected chi connectivity index (χ3v) is 1.82. The van der Waals surface area contributed by atoms with E-state index < -0.39 is 0 Å². The molecule has 1 heteroatoms. The van der Waals surface area contributed by atoms with Gasteiger partial charge in [-0.05, 0) is 5.56 Å². The molecule has 0 aliphatic rings. The van der Waals surface area contributed by atoms with Crippen LogP contribution in [0.3, 0.4) is 0 Å². The SMILES string of the molecule is C#CCCNCC=Cc1ccccc1. The van der Waals surface area contributed by atoms with Gasteiger partial charge in [0.25, 0.3) is 0 Å². The summed E-state index contributed by atoms with van der Waals surface area (Å²) in [6.07, 6.45) is 10.1. The molecule has 0 bridgehead atoms. The molecule has 0 aliphatic carbocycles. The van der Waals surface area contributed by atoms with Gasteiger partial charge in [-0.2, -0.15) is 0 Å². The van der Waals surface area contributed by atoms with Crippen molar-refractivity contribution in [2.24, 2.45) is 0 Å². The van der Waals surface area contributed by atoms with E-state index in [1.807, 2.05) is 18.2 Å². The smallest absolute Gasteiger partial charge is 0.0212 e. The monoisotopic (exact) mass is 185 g/mol. The van der Waals surface area contributed by atoms with Gasteiger partial charge in [0, 0.05) is 19.5 Å². The summed E-state index contributed by atoms with van der Waals surface area (Å²) in [5.74, 6) is 2.59. The van der Waals surface area contributed by atoms with Gasteiger partial charge in [0.2, 0.25) is 0 Å². The molecule has 0 heterocycles. The highest BCUT2D eigenvalue weighted by Gasteiger charge is 1.82. The van der Waals surface area contributed by atoms with Crippen LogP contribution in [0.15, 0.2) is 36.4 Å². The second kappa shape index (κ2) is 6.94. The number of nitrogens with one attached hydrogen (secondary N) is 1. The average Bonchev–Trinajstić information content (AvgIpc) is 2.25. The largest absolute Gasteiger partial charge is 0.312 e. The lowest BCUT2D eigenvalue weighted by Gasteiger charge is -1.96. The first-order valence-electron chi connectivity index (χ1n) is 4.79. The number of hydrogen-bond donors (Lipinski definition) is 1. The maximum Gasteiger partial charge on any atom is 0.0212 e. The van der Waals surface area contributed by atoms with Gasteiger partial charge in [-0.3, -0.25) is 0 Å². The van der Waals surface area contributed by atoms with E-state index in [2.05, 4.69) is 35.5 Å². The molecule has 0 saturated carbocycles. The van der Waals surface area contributed by atoms with Gasteiger partial charge in [0.05, 0.1) is 0 Å². The van der Waals surface area contributed by atoms with Gasteiger partial charge in [-0.1, -0.05) is 42.5 Å². The van der Waals surface area contributed by atoms with Crippen LogP contribution < -0.4 is 5.32 Å². The molecule has 0 fully saturated rings. The van der Waals surface area contributed by atoms with Crippen LogP contribution in [0, 0.1) is 12.3 Å². The first kappa shape index (κ1) is 10.6. The van der Waals surface area contributed by atoms with Gasteiger partial charge >= 0.3 is 0 Å². The van der Waals surface area contributed by atoms with Crippen molar-refractivity contribution in [3.63, 3.8) is 0 Å². The van der Waals surface area contributed by atoms with Gasteiger partial charge in [-0.15, -0.1) is 12.3 Å². The maximum atomic E-state index is 5.13. The van der Waals surface area contributed by atoms with E-state index in [1.54, 1.807) is 0 Å². The third-order valence-electron chi connectivity index (χ3n) is 1.82. The molecule has 0 aromatic heterocycles. The highest BCUT2D eigenvalue weighted by Crippen LogP contribution is 1.99. The Kier molecular flexibility index (Phi) is 5.23. The first-order chi connectivity index (χ1) is 6.93. The summed E-state index contributed by atoms with van der Waals surface area (Å²) in [6.45, 7) is 1.76. The van der Waals surface area contributed by atoms with E-state index in [-0.39, 0.29) is 0 Å². The predicted molar refractivity (Wildman–Crippen MR) is 61.8 cm³/mol. The summed E-state index contributed by atoms with van der Waals surface area (Å²) < 4.78 is 0. The van der Waals surface area contributed by atoms with Gasteiger partial charge in [-0.25, -0.2) is 0 Å². The van der Waals surface area contributed by atoms with E-state index in [9.17, 15) is 0 Å². The minimum atomic E-state index is 0.791. The minimum Gasteiger partial charge on any atom is -0.312 e. The van der Waals surface area contributed by atoms with Gasteiger partial charge in [0.15, 0.2) is 0 Å². The number of terminal acetylenes is 1.